The third-order valence-corrected chi connectivity index (χ3v) is 7.84. The second-order valence-electron chi connectivity index (χ2n) is 7.70. The van der Waals surface area contributed by atoms with Crippen molar-refractivity contribution in [2.24, 2.45) is 0 Å². The topological polar surface area (TPSA) is 141 Å². The number of aliphatic hydroxyl groups excluding tert-OH is 1. The molecule has 1 fully saturated rings. The first-order valence-corrected chi connectivity index (χ1v) is 12.6. The molecule has 1 aliphatic heterocycles. The molecule has 2 N–H and O–H groups in total. The number of halogens is 1. The minimum absolute atomic E-state index is 0.00572. The summed E-state index contributed by atoms with van der Waals surface area (Å²) in [7, 11) is 0.926. The van der Waals surface area contributed by atoms with E-state index in [1.165, 1.54) is 49.8 Å². The zero-order valence-corrected chi connectivity index (χ0v) is 20.7. The van der Waals surface area contributed by atoms with Gasteiger partial charge in [0.2, 0.25) is 0 Å². The molecule has 0 amide bonds. The molecular weight excluding hydrogens is 478 g/mol. The van der Waals surface area contributed by atoms with Crippen molar-refractivity contribution in [2.45, 2.75) is 38.0 Å². The molecule has 0 saturated carbocycles. The number of anilines is 1. The van der Waals surface area contributed by atoms with E-state index in [1.807, 2.05) is 0 Å². The third kappa shape index (κ3) is 5.37. The molecule has 5 atom stereocenters. The highest BCUT2D eigenvalue weighted by atomic mass is 32.2. The Morgan fingerprint density at radius 2 is 2.15 bits per heavy atom. The maximum absolute atomic E-state index is 15.6. The Labute approximate surface area is 194 Å². The Bertz CT molecular complexity index is 1040. The Balaban J connectivity index is 1.74. The van der Waals surface area contributed by atoms with Gasteiger partial charge in [0.25, 0.3) is 0 Å². The fourth-order valence-corrected chi connectivity index (χ4v) is 5.10. The molecule has 1 aliphatic rings. The van der Waals surface area contributed by atoms with E-state index in [0.717, 1.165) is 11.8 Å². The van der Waals surface area contributed by atoms with Crippen LogP contribution in [-0.4, -0.2) is 92.4 Å². The van der Waals surface area contributed by atoms with E-state index < -0.39 is 38.5 Å². The van der Waals surface area contributed by atoms with Gasteiger partial charge >= 0.3 is 7.75 Å². The highest BCUT2D eigenvalue weighted by Gasteiger charge is 2.56. The summed E-state index contributed by atoms with van der Waals surface area (Å²) in [5, 5.41) is 13.4. The average molecular weight is 506 g/mol. The monoisotopic (exact) mass is 506 g/mol. The van der Waals surface area contributed by atoms with Crippen LogP contribution in [0.2, 0.25) is 0 Å². The number of fused-ring (bicyclic) bond motifs is 1. The van der Waals surface area contributed by atoms with Crippen molar-refractivity contribution in [2.75, 3.05) is 45.4 Å². The Hall–Kier alpha value is -1.67. The highest BCUT2D eigenvalue weighted by molar-refractivity contribution is 8.13. The molecule has 3 rings (SSSR count). The molecule has 33 heavy (non-hydrogen) atoms. The Morgan fingerprint density at radius 3 is 2.79 bits per heavy atom. The van der Waals surface area contributed by atoms with Gasteiger partial charge in [0, 0.05) is 19.7 Å². The van der Waals surface area contributed by atoms with Gasteiger partial charge in [-0.2, -0.15) is 0 Å². The number of alkyl halides is 1. The summed E-state index contributed by atoms with van der Waals surface area (Å²) in [5.41, 5.74) is -1.49. The summed E-state index contributed by atoms with van der Waals surface area (Å²) in [6, 6.07) is 0. The van der Waals surface area contributed by atoms with Gasteiger partial charge in [-0.25, -0.2) is 28.6 Å². The van der Waals surface area contributed by atoms with Gasteiger partial charge in [-0.15, -0.1) is 0 Å². The van der Waals surface area contributed by atoms with Crippen LogP contribution in [0.25, 0.3) is 11.2 Å². The molecule has 15 heteroatoms. The summed E-state index contributed by atoms with van der Waals surface area (Å²) in [6.45, 7) is 2.24. The van der Waals surface area contributed by atoms with E-state index in [0.29, 0.717) is 22.7 Å². The summed E-state index contributed by atoms with van der Waals surface area (Å²) in [5.74, 6) is 0.762. The van der Waals surface area contributed by atoms with Crippen LogP contribution in [-0.2, 0) is 23.1 Å². The molecule has 184 valence electrons. The normalized spacial score (nSPS) is 27.2. The molecule has 0 spiro atoms. The number of aromatic nitrogens is 4. The lowest BCUT2D eigenvalue weighted by Gasteiger charge is -2.26. The number of carbonyl (C=O) groups excluding carboxylic acids is 1. The van der Waals surface area contributed by atoms with Crippen LogP contribution in [0.5, 0.6) is 0 Å². The van der Waals surface area contributed by atoms with Crippen molar-refractivity contribution >= 4 is 41.6 Å². The van der Waals surface area contributed by atoms with E-state index in [1.54, 1.807) is 7.05 Å². The number of hydrogen-bond acceptors (Lipinski definition) is 11. The zero-order chi connectivity index (χ0) is 24.4. The number of thioether (sulfide) groups is 1. The van der Waals surface area contributed by atoms with Crippen molar-refractivity contribution < 1.29 is 32.6 Å². The fraction of sp³-hybridized carbons (Fsp3) is 0.667. The second-order valence-corrected chi connectivity index (χ2v) is 11.2. The van der Waals surface area contributed by atoms with E-state index >= 15 is 4.39 Å². The predicted molar refractivity (Wildman–Crippen MR) is 121 cm³/mol. The minimum Gasteiger partial charge on any atom is -0.387 e. The molecule has 0 bridgehead atoms. The number of nitrogens with zero attached hydrogens (tertiary/aromatic N) is 5. The van der Waals surface area contributed by atoms with Crippen LogP contribution in [0.15, 0.2) is 12.7 Å². The van der Waals surface area contributed by atoms with E-state index in [4.69, 9.17) is 13.8 Å². The zero-order valence-electron chi connectivity index (χ0n) is 19.0. The standard InChI is InChI=1S/C18H28FN6O6PS/c1-11(26)33-7-6-29-32(28,24(4)5)30-8-12-14(27)18(2,19)17(31-12)25-10-23-13-15(20-3)21-9-22-16(13)25/h9-10,12,14,17,27H,6-8H2,1-5H3,(H,20,21,22)/t12-,14?,17-,18+,32?/m1/s1. The van der Waals surface area contributed by atoms with Crippen molar-refractivity contribution in [3.8, 4) is 0 Å². The molecule has 0 aliphatic carbocycles. The lowest BCUT2D eigenvalue weighted by atomic mass is 9.98. The molecule has 1 saturated heterocycles. The van der Waals surface area contributed by atoms with Gasteiger partial charge in [0.05, 0.1) is 19.5 Å². The van der Waals surface area contributed by atoms with Crippen molar-refractivity contribution in [1.82, 2.24) is 24.2 Å². The molecule has 0 radical (unpaired) electrons. The van der Waals surface area contributed by atoms with Crippen molar-refractivity contribution in [3.05, 3.63) is 12.7 Å². The first-order valence-electron chi connectivity index (χ1n) is 10.1. The number of nitrogens with one attached hydrogen (secondary N) is 1. The Morgan fingerprint density at radius 1 is 1.42 bits per heavy atom. The number of ether oxygens (including phenoxy) is 1. The Kier molecular flexibility index (Phi) is 8.10. The number of carbonyl (C=O) groups is 1. The van der Waals surface area contributed by atoms with Gasteiger partial charge in [0.15, 0.2) is 28.5 Å². The quantitative estimate of drug-likeness (QED) is 0.359. The number of hydrogen-bond donors (Lipinski definition) is 2. The van der Waals surface area contributed by atoms with Crippen LogP contribution in [0.4, 0.5) is 10.2 Å². The molecule has 12 nitrogen and oxygen atoms in total. The first kappa shape index (κ1) is 25.9. The molecular formula is C18H28FN6O6PS. The molecule has 2 aromatic heterocycles. The smallest absolute Gasteiger partial charge is 0.387 e. The van der Waals surface area contributed by atoms with E-state index in [2.05, 4.69) is 20.3 Å². The van der Waals surface area contributed by atoms with Gasteiger partial charge in [-0.1, -0.05) is 11.8 Å². The van der Waals surface area contributed by atoms with E-state index in [-0.39, 0.29) is 11.7 Å². The average Bonchev–Trinajstić information content (AvgIpc) is 3.28. The molecule has 2 aromatic rings. The highest BCUT2D eigenvalue weighted by Crippen LogP contribution is 2.51. The van der Waals surface area contributed by atoms with Crippen LogP contribution in [0, 0.1) is 0 Å². The third-order valence-electron chi connectivity index (χ3n) is 5.10. The second kappa shape index (κ2) is 10.3. The molecule has 0 aromatic carbocycles. The van der Waals surface area contributed by atoms with Crippen LogP contribution >= 0.6 is 19.5 Å². The van der Waals surface area contributed by atoms with Crippen LogP contribution in [0.3, 0.4) is 0 Å². The van der Waals surface area contributed by atoms with Crippen LogP contribution < -0.4 is 5.32 Å². The minimum atomic E-state index is -3.75. The van der Waals surface area contributed by atoms with Gasteiger partial charge in [-0.05, 0) is 21.0 Å². The lowest BCUT2D eigenvalue weighted by molar-refractivity contribution is -0.109. The summed E-state index contributed by atoms with van der Waals surface area (Å²) in [4.78, 5) is 23.5. The van der Waals surface area contributed by atoms with Crippen molar-refractivity contribution in [3.63, 3.8) is 0 Å². The first-order chi connectivity index (χ1) is 15.5. The molecule has 3 heterocycles. The predicted octanol–water partition coefficient (Wildman–Crippen LogP) is 1.84. The van der Waals surface area contributed by atoms with E-state index in [9.17, 15) is 14.5 Å². The summed E-state index contributed by atoms with van der Waals surface area (Å²) < 4.78 is 48.0. The van der Waals surface area contributed by atoms with Gasteiger partial charge in [0.1, 0.15) is 24.1 Å². The fourth-order valence-electron chi connectivity index (χ4n) is 3.33. The maximum atomic E-state index is 15.6. The van der Waals surface area contributed by atoms with Crippen LogP contribution in [0.1, 0.15) is 20.1 Å². The summed E-state index contributed by atoms with van der Waals surface area (Å²) in [6.07, 6.45) is -1.33. The van der Waals surface area contributed by atoms with Gasteiger partial charge in [-0.3, -0.25) is 18.4 Å². The maximum Gasteiger partial charge on any atom is 0.407 e. The SMILES string of the molecule is CNc1ncnc2c1ncn2[C@@H]1O[C@H](COP(=O)(OCCSC(C)=O)N(C)C)C(O)[C@]1(C)F. The number of rotatable bonds is 10. The van der Waals surface area contributed by atoms with Gasteiger partial charge < -0.3 is 15.2 Å². The van der Waals surface area contributed by atoms with Crippen molar-refractivity contribution in [1.29, 1.82) is 0 Å². The lowest BCUT2D eigenvalue weighted by Crippen LogP contribution is -2.40. The number of imidazole rings is 1. The summed E-state index contributed by atoms with van der Waals surface area (Å²) >= 11 is 1.03. The molecule has 2 unspecified atom stereocenters. The largest absolute Gasteiger partial charge is 0.407 e. The number of aliphatic hydroxyl groups is 1.